The second-order valence-electron chi connectivity index (χ2n) is 3.89. The molecule has 0 fully saturated rings. The number of benzene rings is 1. The van der Waals surface area contributed by atoms with E-state index >= 15 is 0 Å². The first-order valence-corrected chi connectivity index (χ1v) is 5.26. The van der Waals surface area contributed by atoms with Gasteiger partial charge in [-0.15, -0.1) is 0 Å². The van der Waals surface area contributed by atoms with Gasteiger partial charge in [-0.2, -0.15) is 0 Å². The summed E-state index contributed by atoms with van der Waals surface area (Å²) < 4.78 is 0. The van der Waals surface area contributed by atoms with Gasteiger partial charge in [-0.25, -0.2) is 0 Å². The van der Waals surface area contributed by atoms with E-state index in [2.05, 4.69) is 0 Å². The van der Waals surface area contributed by atoms with Crippen molar-refractivity contribution in [1.29, 1.82) is 0 Å². The van der Waals surface area contributed by atoms with E-state index in [0.29, 0.717) is 15.6 Å². The molecule has 0 aliphatic rings. The molecule has 1 aromatic rings. The molecule has 82 valence electrons. The summed E-state index contributed by atoms with van der Waals surface area (Å²) in [4.78, 5) is 11.5. The Bertz CT molecular complexity index is 381. The average molecular weight is 247 g/mol. The van der Waals surface area contributed by atoms with Crippen LogP contribution in [0.15, 0.2) is 18.2 Å². The lowest BCUT2D eigenvalue weighted by molar-refractivity contribution is -0.133. The van der Waals surface area contributed by atoms with Crippen LogP contribution in [0.5, 0.6) is 0 Å². The van der Waals surface area contributed by atoms with E-state index in [9.17, 15) is 9.90 Å². The number of carbonyl (C=O) groups excluding carboxylic acids is 1. The van der Waals surface area contributed by atoms with Gasteiger partial charge in [-0.3, -0.25) is 4.79 Å². The Balaban J connectivity index is 2.90. The zero-order valence-electron chi connectivity index (χ0n) is 8.55. The molecule has 1 rings (SSSR count). The molecule has 1 aromatic carbocycles. The molecule has 0 heterocycles. The fraction of sp³-hybridized carbons (Fsp3) is 0.364. The van der Waals surface area contributed by atoms with Crippen molar-refractivity contribution < 1.29 is 9.90 Å². The fourth-order valence-electron chi connectivity index (χ4n) is 1.07. The van der Waals surface area contributed by atoms with Gasteiger partial charge < -0.3 is 5.11 Å². The number of aliphatic hydroxyl groups is 1. The van der Waals surface area contributed by atoms with E-state index in [0.717, 1.165) is 0 Å². The highest BCUT2D eigenvalue weighted by Gasteiger charge is 2.24. The molecule has 0 aliphatic carbocycles. The van der Waals surface area contributed by atoms with E-state index in [1.807, 2.05) is 0 Å². The minimum Gasteiger partial charge on any atom is -0.383 e. The molecule has 0 aromatic heterocycles. The van der Waals surface area contributed by atoms with Crippen LogP contribution in [0.2, 0.25) is 10.0 Å². The van der Waals surface area contributed by atoms with Gasteiger partial charge in [0.1, 0.15) is 5.60 Å². The summed E-state index contributed by atoms with van der Waals surface area (Å²) >= 11 is 11.7. The van der Waals surface area contributed by atoms with Crippen LogP contribution in [0, 0.1) is 0 Å². The first-order valence-electron chi connectivity index (χ1n) is 4.50. The second-order valence-corrected chi connectivity index (χ2v) is 4.74. The second kappa shape index (κ2) is 4.52. The molecule has 0 saturated heterocycles. The van der Waals surface area contributed by atoms with Gasteiger partial charge in [0.25, 0.3) is 0 Å². The van der Waals surface area contributed by atoms with E-state index < -0.39 is 5.60 Å². The quantitative estimate of drug-likeness (QED) is 0.891. The third-order valence-electron chi connectivity index (χ3n) is 2.04. The summed E-state index contributed by atoms with van der Waals surface area (Å²) in [6.45, 7) is 2.90. The highest BCUT2D eigenvalue weighted by Crippen LogP contribution is 2.22. The molecular formula is C11H12Cl2O2. The minimum absolute atomic E-state index is 0.0862. The Morgan fingerprint density at radius 2 is 2.00 bits per heavy atom. The van der Waals surface area contributed by atoms with Gasteiger partial charge in [-0.1, -0.05) is 23.2 Å². The third kappa shape index (κ3) is 3.49. The van der Waals surface area contributed by atoms with Gasteiger partial charge >= 0.3 is 0 Å². The van der Waals surface area contributed by atoms with Crippen molar-refractivity contribution >= 4 is 29.0 Å². The molecule has 0 spiro atoms. The Kier molecular flexibility index (Phi) is 3.77. The van der Waals surface area contributed by atoms with E-state index in [4.69, 9.17) is 23.2 Å². The van der Waals surface area contributed by atoms with Crippen LogP contribution < -0.4 is 0 Å². The Morgan fingerprint density at radius 1 is 1.40 bits per heavy atom. The van der Waals surface area contributed by atoms with Gasteiger partial charge in [0, 0.05) is 16.5 Å². The summed E-state index contributed by atoms with van der Waals surface area (Å²) in [5.74, 6) is -0.285. The predicted molar refractivity (Wildman–Crippen MR) is 61.5 cm³/mol. The summed E-state index contributed by atoms with van der Waals surface area (Å²) in [5.41, 5.74) is -0.706. The Morgan fingerprint density at radius 3 is 2.53 bits per heavy atom. The fourth-order valence-corrected chi connectivity index (χ4v) is 1.45. The van der Waals surface area contributed by atoms with Crippen LogP contribution >= 0.6 is 23.2 Å². The van der Waals surface area contributed by atoms with Gasteiger partial charge in [0.05, 0.1) is 0 Å². The lowest BCUT2D eigenvalue weighted by Gasteiger charge is -2.15. The molecule has 0 amide bonds. The largest absolute Gasteiger partial charge is 0.383 e. The first-order chi connectivity index (χ1) is 6.80. The summed E-state index contributed by atoms with van der Waals surface area (Å²) in [6, 6.07) is 4.92. The number of hydrogen-bond acceptors (Lipinski definition) is 2. The zero-order valence-corrected chi connectivity index (χ0v) is 10.1. The lowest BCUT2D eigenvalue weighted by Crippen LogP contribution is -2.32. The summed E-state index contributed by atoms with van der Waals surface area (Å²) in [7, 11) is 0. The van der Waals surface area contributed by atoms with Crippen LogP contribution in [0.4, 0.5) is 0 Å². The maximum Gasteiger partial charge on any atom is 0.168 e. The van der Waals surface area contributed by atoms with Crippen LogP contribution in [-0.4, -0.2) is 16.5 Å². The number of Topliss-reactive ketones (excluding diaryl/α,β-unsaturated/α-hetero) is 1. The van der Waals surface area contributed by atoms with Gasteiger partial charge in [0.2, 0.25) is 0 Å². The van der Waals surface area contributed by atoms with E-state index in [1.165, 1.54) is 13.8 Å². The van der Waals surface area contributed by atoms with E-state index in [-0.39, 0.29) is 12.2 Å². The van der Waals surface area contributed by atoms with Crippen molar-refractivity contribution in [2.45, 2.75) is 25.9 Å². The number of halogens is 2. The molecule has 0 aliphatic heterocycles. The number of hydrogen-bond donors (Lipinski definition) is 1. The SMILES string of the molecule is CC(C)(O)C(=O)Cc1cc(Cl)ccc1Cl. The third-order valence-corrected chi connectivity index (χ3v) is 2.64. The minimum atomic E-state index is -1.34. The van der Waals surface area contributed by atoms with Crippen molar-refractivity contribution in [2.24, 2.45) is 0 Å². The monoisotopic (exact) mass is 246 g/mol. The molecule has 1 N–H and O–H groups in total. The van der Waals surface area contributed by atoms with Crippen molar-refractivity contribution in [2.75, 3.05) is 0 Å². The van der Waals surface area contributed by atoms with Crippen molar-refractivity contribution in [3.8, 4) is 0 Å². The Hall–Kier alpha value is -0.570. The summed E-state index contributed by atoms with van der Waals surface area (Å²) in [5, 5.41) is 10.5. The summed E-state index contributed by atoms with van der Waals surface area (Å²) in [6.07, 6.45) is 0.0862. The maximum atomic E-state index is 11.5. The maximum absolute atomic E-state index is 11.5. The average Bonchev–Trinajstić information content (AvgIpc) is 2.09. The molecular weight excluding hydrogens is 235 g/mol. The molecule has 0 unspecified atom stereocenters. The normalized spacial score (nSPS) is 11.5. The van der Waals surface area contributed by atoms with Crippen molar-refractivity contribution in [3.05, 3.63) is 33.8 Å². The standard InChI is InChI=1S/C11H12Cl2O2/c1-11(2,15)10(14)6-7-5-8(12)3-4-9(7)13/h3-5,15H,6H2,1-2H3. The zero-order chi connectivity index (χ0) is 11.6. The highest BCUT2D eigenvalue weighted by atomic mass is 35.5. The smallest absolute Gasteiger partial charge is 0.168 e. The molecule has 4 heteroatoms. The number of ketones is 1. The highest BCUT2D eigenvalue weighted by molar-refractivity contribution is 6.33. The molecule has 2 nitrogen and oxygen atoms in total. The first kappa shape index (κ1) is 12.5. The van der Waals surface area contributed by atoms with E-state index in [1.54, 1.807) is 18.2 Å². The Labute approximate surface area is 98.8 Å². The number of carbonyl (C=O) groups is 1. The molecule has 0 atom stereocenters. The van der Waals surface area contributed by atoms with Crippen LogP contribution in [0.25, 0.3) is 0 Å². The number of rotatable bonds is 3. The van der Waals surface area contributed by atoms with Crippen LogP contribution in [0.1, 0.15) is 19.4 Å². The molecule has 0 radical (unpaired) electrons. The van der Waals surface area contributed by atoms with Crippen molar-refractivity contribution in [3.63, 3.8) is 0 Å². The molecule has 15 heavy (non-hydrogen) atoms. The molecule has 0 bridgehead atoms. The predicted octanol–water partition coefficient (Wildman–Crippen LogP) is 2.88. The van der Waals surface area contributed by atoms with Crippen LogP contribution in [0.3, 0.4) is 0 Å². The van der Waals surface area contributed by atoms with Crippen molar-refractivity contribution in [1.82, 2.24) is 0 Å². The molecule has 0 saturated carbocycles. The van der Waals surface area contributed by atoms with Crippen LogP contribution in [-0.2, 0) is 11.2 Å². The van der Waals surface area contributed by atoms with Gasteiger partial charge in [-0.05, 0) is 37.6 Å². The van der Waals surface area contributed by atoms with Gasteiger partial charge in [0.15, 0.2) is 5.78 Å². The lowest BCUT2D eigenvalue weighted by atomic mass is 9.97. The topological polar surface area (TPSA) is 37.3 Å².